The highest BCUT2D eigenvalue weighted by Crippen LogP contribution is 2.27. The standard InChI is InChI=1S/C18H23N5O/c1-14-16-13-15-7-2-3-9-22(15)17(16)18(21-20-14)19-8-6-12-23(24)10-4-5-11-23/h2-3,7,9,13H,4-6,8,10-12H2,1H3,(H,19,21). The van der Waals surface area contributed by atoms with Gasteiger partial charge in [-0.2, -0.15) is 5.10 Å². The minimum atomic E-state index is -0.0231. The Labute approximate surface area is 141 Å². The Morgan fingerprint density at radius 1 is 1.25 bits per heavy atom. The van der Waals surface area contributed by atoms with Crippen LogP contribution in [0.1, 0.15) is 25.0 Å². The minimum absolute atomic E-state index is 0.0231. The predicted octanol–water partition coefficient (Wildman–Crippen LogP) is 3.10. The van der Waals surface area contributed by atoms with Crippen LogP contribution >= 0.6 is 0 Å². The highest BCUT2D eigenvalue weighted by Gasteiger charge is 2.22. The van der Waals surface area contributed by atoms with E-state index in [0.29, 0.717) is 6.54 Å². The van der Waals surface area contributed by atoms with Crippen molar-refractivity contribution >= 4 is 22.2 Å². The van der Waals surface area contributed by atoms with Crippen molar-refractivity contribution in [2.24, 2.45) is 0 Å². The van der Waals surface area contributed by atoms with Gasteiger partial charge in [0, 0.05) is 42.9 Å². The second-order valence-corrected chi connectivity index (χ2v) is 6.75. The van der Waals surface area contributed by atoms with Crippen LogP contribution in [0, 0.1) is 12.1 Å². The van der Waals surface area contributed by atoms with Crippen molar-refractivity contribution in [3.8, 4) is 0 Å². The Morgan fingerprint density at radius 2 is 2.08 bits per heavy atom. The first-order valence-electron chi connectivity index (χ1n) is 8.70. The zero-order valence-electron chi connectivity index (χ0n) is 14.0. The molecule has 0 unspecified atom stereocenters. The topological polar surface area (TPSA) is 65.3 Å². The fourth-order valence-corrected chi connectivity index (χ4v) is 3.70. The molecule has 1 N–H and O–H groups in total. The van der Waals surface area contributed by atoms with Gasteiger partial charge in [-0.1, -0.05) is 6.07 Å². The molecule has 4 rings (SSSR count). The molecular weight excluding hydrogens is 302 g/mol. The molecule has 3 aromatic rings. The lowest BCUT2D eigenvalue weighted by Gasteiger charge is -2.38. The number of anilines is 1. The molecule has 6 heteroatoms. The van der Waals surface area contributed by atoms with E-state index in [9.17, 15) is 5.21 Å². The summed E-state index contributed by atoms with van der Waals surface area (Å²) < 4.78 is 2.12. The zero-order chi connectivity index (χ0) is 16.6. The van der Waals surface area contributed by atoms with Gasteiger partial charge in [0.25, 0.3) is 0 Å². The van der Waals surface area contributed by atoms with Gasteiger partial charge in [0.15, 0.2) is 5.82 Å². The van der Waals surface area contributed by atoms with Crippen molar-refractivity contribution in [1.29, 1.82) is 0 Å². The third-order valence-electron chi connectivity index (χ3n) is 5.01. The number of rotatable bonds is 5. The summed E-state index contributed by atoms with van der Waals surface area (Å²) in [7, 11) is 0. The molecule has 1 fully saturated rings. The second-order valence-electron chi connectivity index (χ2n) is 6.75. The SMILES string of the molecule is Cc1nnc(NCCC[N+]2([O-])CCCC2)c2c1cc1ccccn12. The molecule has 24 heavy (non-hydrogen) atoms. The summed E-state index contributed by atoms with van der Waals surface area (Å²) in [5, 5.41) is 25.5. The molecule has 0 bridgehead atoms. The average Bonchev–Trinajstić information content (AvgIpc) is 3.18. The Hall–Kier alpha value is -2.18. The van der Waals surface area contributed by atoms with E-state index >= 15 is 0 Å². The number of fused-ring (bicyclic) bond motifs is 3. The third kappa shape index (κ3) is 2.72. The molecule has 1 saturated heterocycles. The lowest BCUT2D eigenvalue weighted by Crippen LogP contribution is -2.40. The first-order valence-corrected chi connectivity index (χ1v) is 8.70. The highest BCUT2D eigenvalue weighted by atomic mass is 16.5. The van der Waals surface area contributed by atoms with Gasteiger partial charge in [-0.05, 0) is 25.1 Å². The molecule has 1 aliphatic heterocycles. The van der Waals surface area contributed by atoms with Crippen molar-refractivity contribution < 1.29 is 4.65 Å². The number of pyridine rings is 1. The van der Waals surface area contributed by atoms with Crippen molar-refractivity contribution in [2.75, 3.05) is 31.5 Å². The summed E-state index contributed by atoms with van der Waals surface area (Å²) in [6, 6.07) is 8.28. The number of hydroxylamine groups is 3. The van der Waals surface area contributed by atoms with E-state index in [1.807, 2.05) is 25.3 Å². The van der Waals surface area contributed by atoms with Crippen LogP contribution < -0.4 is 5.32 Å². The van der Waals surface area contributed by atoms with E-state index in [0.717, 1.165) is 66.8 Å². The third-order valence-corrected chi connectivity index (χ3v) is 5.01. The molecule has 3 aromatic heterocycles. The summed E-state index contributed by atoms with van der Waals surface area (Å²) in [4.78, 5) is 0. The van der Waals surface area contributed by atoms with Crippen molar-refractivity contribution in [3.63, 3.8) is 0 Å². The van der Waals surface area contributed by atoms with Crippen molar-refractivity contribution in [1.82, 2.24) is 14.6 Å². The van der Waals surface area contributed by atoms with Crippen molar-refractivity contribution in [2.45, 2.75) is 26.2 Å². The van der Waals surface area contributed by atoms with Gasteiger partial charge in [0.05, 0.1) is 30.8 Å². The van der Waals surface area contributed by atoms with Crippen LogP contribution in [0.2, 0.25) is 0 Å². The first kappa shape index (κ1) is 15.4. The van der Waals surface area contributed by atoms with E-state index in [-0.39, 0.29) is 4.65 Å². The quantitative estimate of drug-likeness (QED) is 0.445. The smallest absolute Gasteiger partial charge is 0.173 e. The van der Waals surface area contributed by atoms with Gasteiger partial charge in [0.1, 0.15) is 0 Å². The van der Waals surface area contributed by atoms with Gasteiger partial charge in [-0.3, -0.25) is 0 Å². The van der Waals surface area contributed by atoms with Gasteiger partial charge < -0.3 is 19.6 Å². The molecule has 0 amide bonds. The molecule has 1 aliphatic rings. The van der Waals surface area contributed by atoms with Crippen LogP contribution in [0.4, 0.5) is 5.82 Å². The minimum Gasteiger partial charge on any atom is -0.633 e. The summed E-state index contributed by atoms with van der Waals surface area (Å²) in [5.74, 6) is 0.792. The number of aromatic nitrogens is 3. The van der Waals surface area contributed by atoms with Gasteiger partial charge in [-0.25, -0.2) is 0 Å². The number of hydrogen-bond donors (Lipinski definition) is 1. The first-order chi connectivity index (χ1) is 11.7. The van der Waals surface area contributed by atoms with Crippen LogP contribution in [0.5, 0.6) is 0 Å². The zero-order valence-corrected chi connectivity index (χ0v) is 14.0. The normalized spacial score (nSPS) is 16.9. The predicted molar refractivity (Wildman–Crippen MR) is 95.8 cm³/mol. The molecule has 0 atom stereocenters. The van der Waals surface area contributed by atoms with Crippen LogP contribution in [0.3, 0.4) is 0 Å². The Bertz CT molecular complexity index is 866. The van der Waals surface area contributed by atoms with Crippen LogP contribution in [0.25, 0.3) is 16.4 Å². The maximum atomic E-state index is 12.4. The van der Waals surface area contributed by atoms with Crippen LogP contribution in [-0.4, -0.2) is 45.4 Å². The molecule has 0 aromatic carbocycles. The molecule has 4 heterocycles. The Morgan fingerprint density at radius 3 is 2.92 bits per heavy atom. The number of nitrogens with one attached hydrogen (secondary N) is 1. The number of hydrogen-bond acceptors (Lipinski definition) is 4. The lowest BCUT2D eigenvalue weighted by atomic mass is 10.2. The largest absolute Gasteiger partial charge is 0.633 e. The number of aryl methyl sites for hydroxylation is 1. The summed E-state index contributed by atoms with van der Waals surface area (Å²) in [6.07, 6.45) is 5.03. The monoisotopic (exact) mass is 325 g/mol. The molecule has 0 aliphatic carbocycles. The Kier molecular flexibility index (Phi) is 3.86. The maximum Gasteiger partial charge on any atom is 0.173 e. The van der Waals surface area contributed by atoms with E-state index in [2.05, 4.69) is 32.0 Å². The number of nitrogens with zero attached hydrogens (tertiary/aromatic N) is 4. The number of quaternary nitrogens is 1. The van der Waals surface area contributed by atoms with Gasteiger partial charge in [-0.15, -0.1) is 5.10 Å². The lowest BCUT2D eigenvalue weighted by molar-refractivity contribution is -0.868. The van der Waals surface area contributed by atoms with Crippen LogP contribution in [-0.2, 0) is 0 Å². The van der Waals surface area contributed by atoms with Crippen molar-refractivity contribution in [3.05, 3.63) is 41.4 Å². The van der Waals surface area contributed by atoms with E-state index < -0.39 is 0 Å². The average molecular weight is 325 g/mol. The van der Waals surface area contributed by atoms with E-state index in [1.165, 1.54) is 0 Å². The summed E-state index contributed by atoms with van der Waals surface area (Å²) in [6.45, 7) is 4.96. The van der Waals surface area contributed by atoms with Gasteiger partial charge in [0.2, 0.25) is 0 Å². The maximum absolute atomic E-state index is 12.4. The molecule has 0 radical (unpaired) electrons. The fourth-order valence-electron chi connectivity index (χ4n) is 3.70. The van der Waals surface area contributed by atoms with E-state index in [4.69, 9.17) is 0 Å². The molecule has 6 nitrogen and oxygen atoms in total. The van der Waals surface area contributed by atoms with E-state index in [1.54, 1.807) is 0 Å². The molecular formula is C18H23N5O. The Balaban J connectivity index is 1.54. The van der Waals surface area contributed by atoms with Gasteiger partial charge >= 0.3 is 0 Å². The fraction of sp³-hybridized carbons (Fsp3) is 0.444. The summed E-state index contributed by atoms with van der Waals surface area (Å²) >= 11 is 0. The summed E-state index contributed by atoms with van der Waals surface area (Å²) in [5.41, 5.74) is 3.13. The highest BCUT2D eigenvalue weighted by molar-refractivity contribution is 5.95. The number of likely N-dealkylation sites (tertiary alicyclic amines) is 1. The second kappa shape index (κ2) is 6.03. The molecule has 0 spiro atoms. The molecule has 126 valence electrons. The molecule has 0 saturated carbocycles. The van der Waals surface area contributed by atoms with Crippen LogP contribution in [0.15, 0.2) is 30.5 Å².